The average molecular weight is 436 g/mol. The third-order valence-corrected chi connectivity index (χ3v) is 4.77. The van der Waals surface area contributed by atoms with Gasteiger partial charge in [0, 0.05) is 16.6 Å². The summed E-state index contributed by atoms with van der Waals surface area (Å²) in [4.78, 5) is 28.2. The minimum absolute atomic E-state index is 0.0492. The molecule has 0 spiro atoms. The summed E-state index contributed by atoms with van der Waals surface area (Å²) in [5.74, 6) is -0.781. The van der Waals surface area contributed by atoms with Crippen molar-refractivity contribution in [3.8, 4) is 16.3 Å². The lowest BCUT2D eigenvalue weighted by Gasteiger charge is -2.09. The number of alkyl halides is 3. The standard InChI is InChI=1S/C20H15F3N2O4S/c1-28-15-8-2-12(3-9-15)18-25-16(11-30-18)19(27)29-10-17(26)24-14-6-4-13(5-7-14)20(21,22)23/h2-9,11H,10H2,1H3,(H,24,26). The molecule has 0 bridgehead atoms. The third-order valence-electron chi connectivity index (χ3n) is 3.88. The van der Waals surface area contributed by atoms with Crippen molar-refractivity contribution in [1.82, 2.24) is 4.98 Å². The predicted molar refractivity (Wildman–Crippen MR) is 104 cm³/mol. The highest BCUT2D eigenvalue weighted by Crippen LogP contribution is 2.30. The highest BCUT2D eigenvalue weighted by molar-refractivity contribution is 7.13. The van der Waals surface area contributed by atoms with Gasteiger partial charge in [-0.05, 0) is 48.5 Å². The summed E-state index contributed by atoms with van der Waals surface area (Å²) < 4.78 is 47.6. The molecule has 0 atom stereocenters. The molecule has 0 aliphatic rings. The number of amides is 1. The Labute approximate surface area is 173 Å². The van der Waals surface area contributed by atoms with Gasteiger partial charge in [-0.1, -0.05) is 0 Å². The van der Waals surface area contributed by atoms with Crippen LogP contribution >= 0.6 is 11.3 Å². The predicted octanol–water partition coefficient (Wildman–Crippen LogP) is 4.63. The Balaban J connectivity index is 1.54. The van der Waals surface area contributed by atoms with E-state index in [1.807, 2.05) is 0 Å². The summed E-state index contributed by atoms with van der Waals surface area (Å²) in [6.07, 6.45) is -4.46. The summed E-state index contributed by atoms with van der Waals surface area (Å²) >= 11 is 1.24. The SMILES string of the molecule is COc1ccc(-c2nc(C(=O)OCC(=O)Nc3ccc(C(F)(F)F)cc3)cs2)cc1. The van der Waals surface area contributed by atoms with Crippen LogP contribution in [-0.2, 0) is 15.7 Å². The number of nitrogens with zero attached hydrogens (tertiary/aromatic N) is 1. The number of carbonyl (C=O) groups excluding carboxylic acids is 2. The number of thiazole rings is 1. The second-order valence-corrected chi connectivity index (χ2v) is 6.82. The first-order valence-electron chi connectivity index (χ1n) is 8.50. The minimum atomic E-state index is -4.46. The first kappa shape index (κ1) is 21.3. The van der Waals surface area contributed by atoms with Crippen LogP contribution in [0, 0.1) is 0 Å². The normalized spacial score (nSPS) is 11.1. The van der Waals surface area contributed by atoms with Gasteiger partial charge in [0.15, 0.2) is 12.3 Å². The van der Waals surface area contributed by atoms with Gasteiger partial charge < -0.3 is 14.8 Å². The van der Waals surface area contributed by atoms with Gasteiger partial charge in [-0.3, -0.25) is 4.79 Å². The number of methoxy groups -OCH3 is 1. The molecule has 1 aromatic heterocycles. The number of rotatable bonds is 6. The van der Waals surface area contributed by atoms with Gasteiger partial charge in [0.1, 0.15) is 10.8 Å². The van der Waals surface area contributed by atoms with Crippen molar-refractivity contribution in [3.05, 3.63) is 65.2 Å². The topological polar surface area (TPSA) is 77.5 Å². The van der Waals surface area contributed by atoms with Crippen LogP contribution in [0.5, 0.6) is 5.75 Å². The molecule has 3 rings (SSSR count). The van der Waals surface area contributed by atoms with Crippen molar-refractivity contribution in [3.63, 3.8) is 0 Å². The largest absolute Gasteiger partial charge is 0.497 e. The lowest BCUT2D eigenvalue weighted by Crippen LogP contribution is -2.21. The Morgan fingerprint density at radius 2 is 1.73 bits per heavy atom. The Hall–Kier alpha value is -3.40. The van der Waals surface area contributed by atoms with E-state index in [9.17, 15) is 22.8 Å². The number of esters is 1. The molecule has 0 radical (unpaired) electrons. The molecule has 0 saturated heterocycles. The highest BCUT2D eigenvalue weighted by atomic mass is 32.1. The molecule has 1 amide bonds. The molecule has 1 N–H and O–H groups in total. The van der Waals surface area contributed by atoms with Crippen LogP contribution in [0.2, 0.25) is 0 Å². The second kappa shape index (κ2) is 8.95. The number of hydrogen-bond acceptors (Lipinski definition) is 6. The van der Waals surface area contributed by atoms with E-state index < -0.39 is 30.2 Å². The van der Waals surface area contributed by atoms with Crippen molar-refractivity contribution in [2.24, 2.45) is 0 Å². The first-order valence-corrected chi connectivity index (χ1v) is 9.38. The van der Waals surface area contributed by atoms with Crippen molar-refractivity contribution in [2.75, 3.05) is 19.0 Å². The lowest BCUT2D eigenvalue weighted by molar-refractivity contribution is -0.137. The van der Waals surface area contributed by atoms with Crippen molar-refractivity contribution in [1.29, 1.82) is 0 Å². The molecule has 156 valence electrons. The smallest absolute Gasteiger partial charge is 0.416 e. The van der Waals surface area contributed by atoms with E-state index in [2.05, 4.69) is 10.3 Å². The Bertz CT molecular complexity index is 1030. The van der Waals surface area contributed by atoms with Gasteiger partial charge in [-0.15, -0.1) is 11.3 Å². The molecule has 0 fully saturated rings. The van der Waals surface area contributed by atoms with Crippen LogP contribution in [-0.4, -0.2) is 30.6 Å². The monoisotopic (exact) mass is 436 g/mol. The number of benzene rings is 2. The number of nitrogens with one attached hydrogen (secondary N) is 1. The fourth-order valence-corrected chi connectivity index (χ4v) is 3.17. The summed E-state index contributed by atoms with van der Waals surface area (Å²) in [6, 6.07) is 11.0. The molecule has 6 nitrogen and oxygen atoms in total. The van der Waals surface area contributed by atoms with Gasteiger partial charge in [0.05, 0.1) is 12.7 Å². The molecular formula is C20H15F3N2O4S. The number of anilines is 1. The molecule has 0 aliphatic heterocycles. The summed E-state index contributed by atoms with van der Waals surface area (Å²) in [5.41, 5.74) is 0.163. The molecule has 30 heavy (non-hydrogen) atoms. The molecule has 0 aliphatic carbocycles. The highest BCUT2D eigenvalue weighted by Gasteiger charge is 2.30. The van der Waals surface area contributed by atoms with E-state index in [1.54, 1.807) is 31.4 Å². The average Bonchev–Trinajstić information content (AvgIpc) is 3.22. The number of halogens is 3. The van der Waals surface area contributed by atoms with Crippen LogP contribution in [0.25, 0.3) is 10.6 Å². The van der Waals surface area contributed by atoms with Crippen LogP contribution in [0.1, 0.15) is 16.1 Å². The lowest BCUT2D eigenvalue weighted by atomic mass is 10.2. The molecule has 3 aromatic rings. The van der Waals surface area contributed by atoms with Crippen molar-refractivity contribution < 1.29 is 32.2 Å². The number of hydrogen-bond donors (Lipinski definition) is 1. The molecule has 0 saturated carbocycles. The summed E-state index contributed by atoms with van der Waals surface area (Å²) in [5, 5.41) is 4.46. The molecular weight excluding hydrogens is 421 g/mol. The van der Waals surface area contributed by atoms with Crippen molar-refractivity contribution >= 4 is 28.9 Å². The molecule has 1 heterocycles. The zero-order valence-electron chi connectivity index (χ0n) is 15.5. The van der Waals surface area contributed by atoms with E-state index in [0.717, 1.165) is 29.8 Å². The maximum absolute atomic E-state index is 12.5. The molecule has 2 aromatic carbocycles. The Morgan fingerprint density at radius 3 is 2.33 bits per heavy atom. The van der Waals surface area contributed by atoms with E-state index in [4.69, 9.17) is 9.47 Å². The van der Waals surface area contributed by atoms with Gasteiger partial charge in [0.2, 0.25) is 0 Å². The van der Waals surface area contributed by atoms with Gasteiger partial charge in [0.25, 0.3) is 5.91 Å². The van der Waals surface area contributed by atoms with E-state index in [-0.39, 0.29) is 11.4 Å². The maximum atomic E-state index is 12.5. The van der Waals surface area contributed by atoms with Crippen LogP contribution in [0.3, 0.4) is 0 Å². The van der Waals surface area contributed by atoms with Gasteiger partial charge in [-0.25, -0.2) is 9.78 Å². The zero-order valence-corrected chi connectivity index (χ0v) is 16.3. The summed E-state index contributed by atoms with van der Waals surface area (Å²) in [6.45, 7) is -0.602. The molecule has 0 unspecified atom stereocenters. The number of aromatic nitrogens is 1. The quantitative estimate of drug-likeness (QED) is 0.570. The van der Waals surface area contributed by atoms with Crippen LogP contribution in [0.15, 0.2) is 53.9 Å². The van der Waals surface area contributed by atoms with Crippen molar-refractivity contribution in [2.45, 2.75) is 6.18 Å². The first-order chi connectivity index (χ1) is 14.3. The zero-order chi connectivity index (χ0) is 21.7. The third kappa shape index (κ3) is 5.35. The van der Waals surface area contributed by atoms with E-state index in [0.29, 0.717) is 10.8 Å². The number of ether oxygens (including phenoxy) is 2. The van der Waals surface area contributed by atoms with Gasteiger partial charge in [-0.2, -0.15) is 13.2 Å². The van der Waals surface area contributed by atoms with E-state index in [1.165, 1.54) is 16.7 Å². The fraction of sp³-hybridized carbons (Fsp3) is 0.150. The second-order valence-electron chi connectivity index (χ2n) is 5.97. The van der Waals surface area contributed by atoms with Crippen LogP contribution in [0.4, 0.5) is 18.9 Å². The van der Waals surface area contributed by atoms with Crippen LogP contribution < -0.4 is 10.1 Å². The summed E-state index contributed by atoms with van der Waals surface area (Å²) in [7, 11) is 1.56. The Morgan fingerprint density at radius 1 is 1.07 bits per heavy atom. The maximum Gasteiger partial charge on any atom is 0.416 e. The van der Waals surface area contributed by atoms with E-state index >= 15 is 0 Å². The molecule has 10 heteroatoms. The Kier molecular flexibility index (Phi) is 6.36. The van der Waals surface area contributed by atoms with Gasteiger partial charge >= 0.3 is 12.1 Å². The minimum Gasteiger partial charge on any atom is -0.497 e. The number of carbonyl (C=O) groups is 2. The fourth-order valence-electron chi connectivity index (χ4n) is 2.38.